The predicted molar refractivity (Wildman–Crippen MR) is 76.9 cm³/mol. The van der Waals surface area contributed by atoms with Gasteiger partial charge in [0.25, 0.3) is 5.91 Å². The summed E-state index contributed by atoms with van der Waals surface area (Å²) in [6, 6.07) is 7.70. The van der Waals surface area contributed by atoms with Crippen molar-refractivity contribution in [2.45, 2.75) is 19.9 Å². The molecule has 0 unspecified atom stereocenters. The zero-order valence-electron chi connectivity index (χ0n) is 10.00. The summed E-state index contributed by atoms with van der Waals surface area (Å²) in [5, 5.41) is 6.13. The van der Waals surface area contributed by atoms with E-state index in [1.54, 1.807) is 6.07 Å². The maximum Gasteiger partial charge on any atom is 0.252 e. The van der Waals surface area contributed by atoms with Crippen molar-refractivity contribution in [2.24, 2.45) is 0 Å². The molecule has 1 atom stereocenters. The Morgan fingerprint density at radius 1 is 1.41 bits per heavy atom. The number of carbonyl (C=O) groups is 1. The minimum Gasteiger partial charge on any atom is -0.350 e. The van der Waals surface area contributed by atoms with Crippen molar-refractivity contribution in [3.63, 3.8) is 0 Å². The van der Waals surface area contributed by atoms with Crippen LogP contribution in [0.1, 0.15) is 24.2 Å². The highest BCUT2D eigenvalue weighted by Gasteiger charge is 2.09. The molecule has 2 N–H and O–H groups in total. The smallest absolute Gasteiger partial charge is 0.252 e. The zero-order valence-corrected chi connectivity index (χ0v) is 12.4. The number of halogens is 2. The molecule has 0 saturated heterocycles. The molecule has 1 aromatic carbocycles. The van der Waals surface area contributed by atoms with Crippen LogP contribution in [0, 0.1) is 0 Å². The number of nitrogens with one attached hydrogen (secondary N) is 2. The van der Waals surface area contributed by atoms with E-state index >= 15 is 0 Å². The molecule has 17 heavy (non-hydrogen) atoms. The van der Waals surface area contributed by atoms with Gasteiger partial charge in [-0.15, -0.1) is 12.4 Å². The highest BCUT2D eigenvalue weighted by Crippen LogP contribution is 2.15. The number of benzene rings is 1. The Bertz CT molecular complexity index is 360. The van der Waals surface area contributed by atoms with Gasteiger partial charge in [-0.05, 0) is 41.5 Å². The number of likely N-dealkylation sites (N-methyl/N-ethyl adjacent to an activating group) is 1. The molecule has 0 radical (unpaired) electrons. The fourth-order valence-corrected chi connectivity index (χ4v) is 1.87. The molecule has 3 nitrogen and oxygen atoms in total. The van der Waals surface area contributed by atoms with Crippen LogP contribution in [0.15, 0.2) is 28.7 Å². The van der Waals surface area contributed by atoms with Crippen LogP contribution in [0.4, 0.5) is 0 Å². The number of hydrogen-bond donors (Lipinski definition) is 2. The van der Waals surface area contributed by atoms with Gasteiger partial charge in [0.15, 0.2) is 0 Å². The Labute approximate surface area is 117 Å². The molecular formula is C12H18BrClN2O. The number of rotatable bonds is 5. The van der Waals surface area contributed by atoms with Gasteiger partial charge in [0.2, 0.25) is 0 Å². The summed E-state index contributed by atoms with van der Waals surface area (Å²) in [5.74, 6) is -0.0442. The van der Waals surface area contributed by atoms with Crippen LogP contribution in [0.25, 0.3) is 0 Å². The summed E-state index contributed by atoms with van der Waals surface area (Å²) in [6.45, 7) is 5.63. The third kappa shape index (κ3) is 5.52. The fourth-order valence-electron chi connectivity index (χ4n) is 1.41. The third-order valence-electron chi connectivity index (χ3n) is 2.24. The average Bonchev–Trinajstić information content (AvgIpc) is 2.27. The van der Waals surface area contributed by atoms with Gasteiger partial charge in [-0.1, -0.05) is 19.1 Å². The Hall–Kier alpha value is -0.580. The van der Waals surface area contributed by atoms with E-state index in [1.165, 1.54) is 0 Å². The lowest BCUT2D eigenvalue weighted by Gasteiger charge is -2.13. The number of amides is 1. The first-order valence-corrected chi connectivity index (χ1v) is 6.20. The second kappa shape index (κ2) is 8.50. The van der Waals surface area contributed by atoms with Crippen LogP contribution in [0.2, 0.25) is 0 Å². The highest BCUT2D eigenvalue weighted by molar-refractivity contribution is 9.10. The average molecular weight is 322 g/mol. The quantitative estimate of drug-likeness (QED) is 0.875. The van der Waals surface area contributed by atoms with E-state index in [0.29, 0.717) is 12.1 Å². The van der Waals surface area contributed by atoms with Gasteiger partial charge in [-0.3, -0.25) is 4.79 Å². The van der Waals surface area contributed by atoms with Crippen molar-refractivity contribution in [2.75, 3.05) is 13.1 Å². The van der Waals surface area contributed by atoms with E-state index in [1.807, 2.05) is 32.0 Å². The van der Waals surface area contributed by atoms with Gasteiger partial charge in [-0.2, -0.15) is 0 Å². The number of hydrogen-bond acceptors (Lipinski definition) is 2. The van der Waals surface area contributed by atoms with E-state index in [0.717, 1.165) is 11.0 Å². The van der Waals surface area contributed by atoms with Crippen molar-refractivity contribution in [1.82, 2.24) is 10.6 Å². The standard InChI is InChI=1S/C12H17BrN2O.ClH/c1-3-14-9(2)8-15-12(16)10-6-4-5-7-11(10)13;/h4-7,9,14H,3,8H2,1-2H3,(H,15,16);1H/t9-;/m1./s1. The number of carbonyl (C=O) groups excluding carboxylic acids is 1. The van der Waals surface area contributed by atoms with Gasteiger partial charge in [-0.25, -0.2) is 0 Å². The first kappa shape index (κ1) is 16.4. The van der Waals surface area contributed by atoms with Gasteiger partial charge in [0.05, 0.1) is 5.56 Å². The van der Waals surface area contributed by atoms with Gasteiger partial charge in [0, 0.05) is 17.1 Å². The molecular weight excluding hydrogens is 304 g/mol. The van der Waals surface area contributed by atoms with E-state index < -0.39 is 0 Å². The van der Waals surface area contributed by atoms with E-state index in [-0.39, 0.29) is 24.4 Å². The molecule has 0 aliphatic heterocycles. The van der Waals surface area contributed by atoms with Gasteiger partial charge in [0.1, 0.15) is 0 Å². The maximum atomic E-state index is 11.8. The summed E-state index contributed by atoms with van der Waals surface area (Å²) in [4.78, 5) is 11.8. The summed E-state index contributed by atoms with van der Waals surface area (Å²) < 4.78 is 0.823. The van der Waals surface area contributed by atoms with Crippen LogP contribution in [0.5, 0.6) is 0 Å². The van der Waals surface area contributed by atoms with Crippen LogP contribution >= 0.6 is 28.3 Å². The Morgan fingerprint density at radius 2 is 2.06 bits per heavy atom. The molecule has 0 fully saturated rings. The molecule has 0 saturated carbocycles. The monoisotopic (exact) mass is 320 g/mol. The maximum absolute atomic E-state index is 11.8. The third-order valence-corrected chi connectivity index (χ3v) is 2.93. The topological polar surface area (TPSA) is 41.1 Å². The molecule has 5 heteroatoms. The van der Waals surface area contributed by atoms with E-state index in [2.05, 4.69) is 26.6 Å². The van der Waals surface area contributed by atoms with Crippen LogP contribution in [-0.4, -0.2) is 25.0 Å². The zero-order chi connectivity index (χ0) is 12.0. The van der Waals surface area contributed by atoms with Gasteiger partial charge < -0.3 is 10.6 Å². The Kier molecular flexibility index (Phi) is 8.21. The lowest BCUT2D eigenvalue weighted by molar-refractivity contribution is 0.0949. The molecule has 1 rings (SSSR count). The highest BCUT2D eigenvalue weighted by atomic mass is 79.9. The predicted octanol–water partition coefficient (Wildman–Crippen LogP) is 2.60. The molecule has 0 aliphatic carbocycles. The summed E-state index contributed by atoms with van der Waals surface area (Å²) in [6.07, 6.45) is 0. The molecule has 0 heterocycles. The Morgan fingerprint density at radius 3 is 2.65 bits per heavy atom. The van der Waals surface area contributed by atoms with E-state index in [4.69, 9.17) is 0 Å². The minimum absolute atomic E-state index is 0. The molecule has 0 aliphatic rings. The van der Waals surface area contributed by atoms with Crippen molar-refractivity contribution >= 4 is 34.2 Å². The molecule has 0 aromatic heterocycles. The fraction of sp³-hybridized carbons (Fsp3) is 0.417. The molecule has 1 aromatic rings. The van der Waals surface area contributed by atoms with Crippen LogP contribution < -0.4 is 10.6 Å². The first-order chi connectivity index (χ1) is 7.65. The minimum atomic E-state index is -0.0442. The second-order valence-electron chi connectivity index (χ2n) is 3.65. The second-order valence-corrected chi connectivity index (χ2v) is 4.50. The van der Waals surface area contributed by atoms with Crippen molar-refractivity contribution in [3.8, 4) is 0 Å². The summed E-state index contributed by atoms with van der Waals surface area (Å²) in [5.41, 5.74) is 0.672. The lowest BCUT2D eigenvalue weighted by Crippen LogP contribution is -2.38. The van der Waals surface area contributed by atoms with Crippen molar-refractivity contribution < 1.29 is 4.79 Å². The molecule has 96 valence electrons. The van der Waals surface area contributed by atoms with Crippen molar-refractivity contribution in [3.05, 3.63) is 34.3 Å². The molecule has 1 amide bonds. The first-order valence-electron chi connectivity index (χ1n) is 5.41. The normalized spacial score (nSPS) is 11.5. The lowest BCUT2D eigenvalue weighted by atomic mass is 10.2. The summed E-state index contributed by atoms with van der Waals surface area (Å²) >= 11 is 3.36. The van der Waals surface area contributed by atoms with Crippen LogP contribution in [0.3, 0.4) is 0 Å². The van der Waals surface area contributed by atoms with E-state index in [9.17, 15) is 4.79 Å². The largest absolute Gasteiger partial charge is 0.350 e. The molecule has 0 spiro atoms. The SMILES string of the molecule is CCN[C@H](C)CNC(=O)c1ccccc1Br.Cl. The summed E-state index contributed by atoms with van der Waals surface area (Å²) in [7, 11) is 0. The van der Waals surface area contributed by atoms with Gasteiger partial charge >= 0.3 is 0 Å². The van der Waals surface area contributed by atoms with Crippen molar-refractivity contribution in [1.29, 1.82) is 0 Å². The molecule has 0 bridgehead atoms. The Balaban J connectivity index is 0.00000256. The van der Waals surface area contributed by atoms with Crippen LogP contribution in [-0.2, 0) is 0 Å².